The molecule has 1 amide bonds. The number of aromatic nitrogens is 2. The predicted molar refractivity (Wildman–Crippen MR) is 66.6 cm³/mol. The highest BCUT2D eigenvalue weighted by Crippen LogP contribution is 2.13. The molecule has 2 heterocycles. The summed E-state index contributed by atoms with van der Waals surface area (Å²) in [7, 11) is 1.73. The van der Waals surface area contributed by atoms with Crippen molar-refractivity contribution in [1.29, 1.82) is 0 Å². The van der Waals surface area contributed by atoms with Crippen molar-refractivity contribution in [3.05, 3.63) is 41.2 Å². The average Bonchev–Trinajstić information content (AvgIpc) is 2.76. The van der Waals surface area contributed by atoms with Crippen LogP contribution in [0.15, 0.2) is 29.9 Å². The van der Waals surface area contributed by atoms with Crippen LogP contribution >= 0.6 is 11.3 Å². The topological polar surface area (TPSA) is 72.1 Å². The average molecular weight is 248 g/mol. The highest BCUT2D eigenvalue weighted by Gasteiger charge is 2.14. The van der Waals surface area contributed by atoms with Gasteiger partial charge in [0.25, 0.3) is 5.91 Å². The molecule has 0 saturated heterocycles. The Bertz CT molecular complexity index is 511. The smallest absolute Gasteiger partial charge is 0.273 e. The SMILES string of the molecule is CN(Cc1ccncc1)C(=O)c1csc(N)n1. The minimum absolute atomic E-state index is 0.130. The molecule has 0 unspecified atom stereocenters. The number of amides is 1. The highest BCUT2D eigenvalue weighted by molar-refractivity contribution is 7.13. The monoisotopic (exact) mass is 248 g/mol. The van der Waals surface area contributed by atoms with Gasteiger partial charge in [0.1, 0.15) is 5.69 Å². The Morgan fingerprint density at radius 2 is 2.18 bits per heavy atom. The van der Waals surface area contributed by atoms with Crippen LogP contribution in [0.3, 0.4) is 0 Å². The van der Waals surface area contributed by atoms with E-state index in [0.29, 0.717) is 17.4 Å². The third kappa shape index (κ3) is 2.79. The summed E-state index contributed by atoms with van der Waals surface area (Å²) >= 11 is 1.27. The number of anilines is 1. The van der Waals surface area contributed by atoms with E-state index in [1.54, 1.807) is 29.7 Å². The molecule has 17 heavy (non-hydrogen) atoms. The zero-order valence-corrected chi connectivity index (χ0v) is 10.1. The van der Waals surface area contributed by atoms with Crippen LogP contribution in [0.4, 0.5) is 5.13 Å². The van der Waals surface area contributed by atoms with Gasteiger partial charge < -0.3 is 10.6 Å². The van der Waals surface area contributed by atoms with E-state index in [1.165, 1.54) is 11.3 Å². The minimum atomic E-state index is -0.130. The number of thiazole rings is 1. The molecule has 88 valence electrons. The third-order valence-corrected chi connectivity index (χ3v) is 2.93. The fraction of sp³-hybridized carbons (Fsp3) is 0.182. The lowest BCUT2D eigenvalue weighted by Crippen LogP contribution is -2.26. The van der Waals surface area contributed by atoms with Gasteiger partial charge in [0.2, 0.25) is 0 Å². The van der Waals surface area contributed by atoms with E-state index >= 15 is 0 Å². The first kappa shape index (κ1) is 11.5. The summed E-state index contributed by atoms with van der Waals surface area (Å²) < 4.78 is 0. The molecule has 6 heteroatoms. The molecule has 0 fully saturated rings. The second-order valence-corrected chi connectivity index (χ2v) is 4.48. The quantitative estimate of drug-likeness (QED) is 0.891. The molecule has 0 radical (unpaired) electrons. The van der Waals surface area contributed by atoms with Crippen LogP contribution < -0.4 is 5.73 Å². The Labute approximate surface area is 103 Å². The molecule has 0 atom stereocenters. The number of hydrogen-bond acceptors (Lipinski definition) is 5. The molecule has 5 nitrogen and oxygen atoms in total. The molecule has 0 aliphatic carbocycles. The van der Waals surface area contributed by atoms with Crippen LogP contribution in [0, 0.1) is 0 Å². The fourth-order valence-electron chi connectivity index (χ4n) is 1.42. The van der Waals surface area contributed by atoms with Crippen LogP contribution in [0.2, 0.25) is 0 Å². The molecule has 2 N–H and O–H groups in total. The van der Waals surface area contributed by atoms with Crippen molar-refractivity contribution in [2.45, 2.75) is 6.54 Å². The predicted octanol–water partition coefficient (Wildman–Crippen LogP) is 1.39. The number of nitrogens with zero attached hydrogens (tertiary/aromatic N) is 3. The Morgan fingerprint density at radius 3 is 2.76 bits per heavy atom. The standard InChI is InChI=1S/C11H12N4OS/c1-15(6-8-2-4-13-5-3-8)10(16)9-7-17-11(12)14-9/h2-5,7H,6H2,1H3,(H2,12,14). The molecule has 0 aliphatic rings. The van der Waals surface area contributed by atoms with Crippen LogP contribution in [-0.2, 0) is 6.54 Å². The first-order chi connectivity index (χ1) is 8.16. The van der Waals surface area contributed by atoms with Gasteiger partial charge in [-0.3, -0.25) is 9.78 Å². The van der Waals surface area contributed by atoms with Crippen molar-refractivity contribution < 1.29 is 4.79 Å². The van der Waals surface area contributed by atoms with Crippen molar-refractivity contribution in [2.24, 2.45) is 0 Å². The van der Waals surface area contributed by atoms with Gasteiger partial charge in [0.15, 0.2) is 5.13 Å². The van der Waals surface area contributed by atoms with Gasteiger partial charge in [-0.05, 0) is 17.7 Å². The van der Waals surface area contributed by atoms with Gasteiger partial charge in [-0.25, -0.2) is 4.98 Å². The van der Waals surface area contributed by atoms with Crippen molar-refractivity contribution in [1.82, 2.24) is 14.9 Å². The van der Waals surface area contributed by atoms with E-state index in [-0.39, 0.29) is 5.91 Å². The number of nitrogens with two attached hydrogens (primary N) is 1. The molecule has 2 rings (SSSR count). The molecule has 2 aromatic heterocycles. The van der Waals surface area contributed by atoms with Crippen molar-refractivity contribution in [3.8, 4) is 0 Å². The zero-order valence-electron chi connectivity index (χ0n) is 9.33. The number of nitrogen functional groups attached to an aromatic ring is 1. The maximum atomic E-state index is 12.0. The summed E-state index contributed by atoms with van der Waals surface area (Å²) in [4.78, 5) is 21.5. The van der Waals surface area contributed by atoms with Crippen LogP contribution in [-0.4, -0.2) is 27.8 Å². The Kier molecular flexibility index (Phi) is 3.34. The first-order valence-electron chi connectivity index (χ1n) is 5.02. The second kappa shape index (κ2) is 4.92. The minimum Gasteiger partial charge on any atom is -0.375 e. The van der Waals surface area contributed by atoms with E-state index in [2.05, 4.69) is 9.97 Å². The van der Waals surface area contributed by atoms with E-state index < -0.39 is 0 Å². The summed E-state index contributed by atoms with van der Waals surface area (Å²) in [5.74, 6) is -0.130. The Morgan fingerprint density at radius 1 is 1.47 bits per heavy atom. The number of carbonyl (C=O) groups excluding carboxylic acids is 1. The number of rotatable bonds is 3. The molecular weight excluding hydrogens is 236 g/mol. The van der Waals surface area contributed by atoms with Crippen molar-refractivity contribution in [2.75, 3.05) is 12.8 Å². The summed E-state index contributed by atoms with van der Waals surface area (Å²) in [6.07, 6.45) is 3.41. The van der Waals surface area contributed by atoms with Crippen molar-refractivity contribution in [3.63, 3.8) is 0 Å². The van der Waals surface area contributed by atoms with Crippen LogP contribution in [0.25, 0.3) is 0 Å². The lowest BCUT2D eigenvalue weighted by atomic mass is 10.2. The second-order valence-electron chi connectivity index (χ2n) is 3.59. The van der Waals surface area contributed by atoms with Gasteiger partial charge in [-0.2, -0.15) is 0 Å². The molecule has 0 aliphatic heterocycles. The van der Waals surface area contributed by atoms with Crippen LogP contribution in [0.5, 0.6) is 0 Å². The Hall–Kier alpha value is -1.95. The van der Waals surface area contributed by atoms with E-state index in [4.69, 9.17) is 5.73 Å². The molecule has 2 aromatic rings. The molecule has 0 bridgehead atoms. The maximum Gasteiger partial charge on any atom is 0.273 e. The van der Waals surface area contributed by atoms with E-state index in [1.807, 2.05) is 12.1 Å². The zero-order chi connectivity index (χ0) is 12.3. The number of hydrogen-bond donors (Lipinski definition) is 1. The maximum absolute atomic E-state index is 12.0. The third-order valence-electron chi connectivity index (χ3n) is 2.26. The van der Waals surface area contributed by atoms with Gasteiger partial charge in [-0.15, -0.1) is 11.3 Å². The van der Waals surface area contributed by atoms with Gasteiger partial charge >= 0.3 is 0 Å². The van der Waals surface area contributed by atoms with Crippen LogP contribution in [0.1, 0.15) is 16.1 Å². The van der Waals surface area contributed by atoms with Gasteiger partial charge in [-0.1, -0.05) is 0 Å². The van der Waals surface area contributed by atoms with E-state index in [9.17, 15) is 4.79 Å². The highest BCUT2D eigenvalue weighted by atomic mass is 32.1. The number of carbonyl (C=O) groups is 1. The van der Waals surface area contributed by atoms with E-state index in [0.717, 1.165) is 5.56 Å². The number of pyridine rings is 1. The fourth-order valence-corrected chi connectivity index (χ4v) is 1.95. The molecule has 0 spiro atoms. The summed E-state index contributed by atoms with van der Waals surface area (Å²) in [5.41, 5.74) is 6.92. The molecular formula is C11H12N4OS. The normalized spacial score (nSPS) is 10.2. The molecule has 0 aromatic carbocycles. The van der Waals surface area contributed by atoms with Crippen molar-refractivity contribution >= 4 is 22.4 Å². The first-order valence-corrected chi connectivity index (χ1v) is 5.90. The lowest BCUT2D eigenvalue weighted by Gasteiger charge is -2.15. The Balaban J connectivity index is 2.06. The molecule has 0 saturated carbocycles. The lowest BCUT2D eigenvalue weighted by molar-refractivity contribution is 0.0780. The summed E-state index contributed by atoms with van der Waals surface area (Å²) in [6, 6.07) is 3.75. The van der Waals surface area contributed by atoms with Gasteiger partial charge in [0.05, 0.1) is 0 Å². The summed E-state index contributed by atoms with van der Waals surface area (Å²) in [6.45, 7) is 0.527. The summed E-state index contributed by atoms with van der Waals surface area (Å²) in [5, 5.41) is 2.08. The van der Waals surface area contributed by atoms with Gasteiger partial charge in [0, 0.05) is 31.4 Å². The largest absolute Gasteiger partial charge is 0.375 e.